The van der Waals surface area contributed by atoms with Crippen molar-refractivity contribution in [1.82, 2.24) is 10.6 Å². The lowest BCUT2D eigenvalue weighted by atomic mass is 10.1. The van der Waals surface area contributed by atoms with E-state index in [4.69, 9.17) is 21.1 Å². The highest BCUT2D eigenvalue weighted by Gasteiger charge is 2.04. The molecule has 0 aliphatic heterocycles. The highest BCUT2D eigenvalue weighted by Crippen LogP contribution is 2.22. The zero-order valence-corrected chi connectivity index (χ0v) is 18.3. The minimum atomic E-state index is 0. The van der Waals surface area contributed by atoms with Crippen molar-refractivity contribution in [2.75, 3.05) is 27.8 Å². The maximum Gasteiger partial charge on any atom is 0.191 e. The first-order valence-electron chi connectivity index (χ1n) is 8.06. The summed E-state index contributed by atoms with van der Waals surface area (Å²) in [5.74, 6) is 2.36. The van der Waals surface area contributed by atoms with E-state index in [1.807, 2.05) is 42.5 Å². The summed E-state index contributed by atoms with van der Waals surface area (Å²) in [4.78, 5) is 4.23. The molecule has 7 heteroatoms. The molecular formula is C19H25ClIN3O2. The van der Waals surface area contributed by atoms with E-state index in [-0.39, 0.29) is 24.0 Å². The van der Waals surface area contributed by atoms with E-state index < -0.39 is 0 Å². The van der Waals surface area contributed by atoms with Gasteiger partial charge in [-0.05, 0) is 41.8 Å². The molecule has 0 spiro atoms. The molecule has 0 atom stereocenters. The molecule has 0 aliphatic carbocycles. The van der Waals surface area contributed by atoms with Gasteiger partial charge in [0, 0.05) is 25.2 Å². The molecule has 2 aromatic rings. The summed E-state index contributed by atoms with van der Waals surface area (Å²) in [7, 11) is 5.04. The number of aliphatic imine (C=N–C) groups is 1. The third-order valence-electron chi connectivity index (χ3n) is 3.79. The van der Waals surface area contributed by atoms with Gasteiger partial charge in [-0.3, -0.25) is 4.99 Å². The van der Waals surface area contributed by atoms with Crippen molar-refractivity contribution in [3.8, 4) is 11.5 Å². The predicted molar refractivity (Wildman–Crippen MR) is 118 cm³/mol. The average Bonchev–Trinajstić information content (AvgIpc) is 2.66. The summed E-state index contributed by atoms with van der Waals surface area (Å²) in [5.41, 5.74) is 2.22. The van der Waals surface area contributed by atoms with Gasteiger partial charge in [0.15, 0.2) is 5.96 Å². The number of guanidine groups is 1. The largest absolute Gasteiger partial charge is 0.497 e. The van der Waals surface area contributed by atoms with Gasteiger partial charge in [0.25, 0.3) is 0 Å². The van der Waals surface area contributed by atoms with E-state index in [1.54, 1.807) is 21.3 Å². The second kappa shape index (κ2) is 11.9. The molecule has 5 nitrogen and oxygen atoms in total. The molecule has 0 saturated heterocycles. The van der Waals surface area contributed by atoms with Crippen LogP contribution in [-0.4, -0.2) is 33.8 Å². The van der Waals surface area contributed by atoms with Crippen LogP contribution in [0.25, 0.3) is 0 Å². The average molecular weight is 490 g/mol. The summed E-state index contributed by atoms with van der Waals surface area (Å²) >= 11 is 6.26. The number of hydrogen-bond acceptors (Lipinski definition) is 3. The first kappa shape index (κ1) is 22.4. The van der Waals surface area contributed by atoms with Crippen LogP contribution in [0, 0.1) is 0 Å². The van der Waals surface area contributed by atoms with Gasteiger partial charge in [-0.25, -0.2) is 0 Å². The number of nitrogens with zero attached hydrogens (tertiary/aromatic N) is 1. The van der Waals surface area contributed by atoms with Gasteiger partial charge in [0.05, 0.1) is 14.2 Å². The molecule has 26 heavy (non-hydrogen) atoms. The van der Waals surface area contributed by atoms with Crippen LogP contribution in [-0.2, 0) is 13.0 Å². The quantitative estimate of drug-likeness (QED) is 0.352. The Bertz CT molecular complexity index is 708. The number of hydrogen-bond donors (Lipinski definition) is 2. The first-order chi connectivity index (χ1) is 12.2. The van der Waals surface area contributed by atoms with Gasteiger partial charge >= 0.3 is 0 Å². The van der Waals surface area contributed by atoms with Crippen LogP contribution >= 0.6 is 35.6 Å². The number of benzene rings is 2. The van der Waals surface area contributed by atoms with Crippen molar-refractivity contribution in [3.63, 3.8) is 0 Å². The normalized spacial score (nSPS) is 10.7. The minimum absolute atomic E-state index is 0. The van der Waals surface area contributed by atoms with Crippen LogP contribution in [0.2, 0.25) is 5.02 Å². The van der Waals surface area contributed by atoms with Gasteiger partial charge in [-0.15, -0.1) is 24.0 Å². The maximum atomic E-state index is 6.26. The molecule has 0 fully saturated rings. The Morgan fingerprint density at radius 1 is 1.00 bits per heavy atom. The van der Waals surface area contributed by atoms with Crippen molar-refractivity contribution in [2.24, 2.45) is 4.99 Å². The van der Waals surface area contributed by atoms with E-state index in [0.717, 1.165) is 41.6 Å². The number of rotatable bonds is 7. The summed E-state index contributed by atoms with van der Waals surface area (Å²) < 4.78 is 10.3. The Kier molecular flexibility index (Phi) is 10.2. The molecule has 2 aromatic carbocycles. The van der Waals surface area contributed by atoms with Crippen molar-refractivity contribution in [3.05, 3.63) is 58.6 Å². The molecule has 0 heterocycles. The fraction of sp³-hybridized carbons (Fsp3) is 0.316. The van der Waals surface area contributed by atoms with Crippen molar-refractivity contribution >= 4 is 41.5 Å². The molecule has 0 amide bonds. The molecule has 0 bridgehead atoms. The number of ether oxygens (including phenoxy) is 2. The van der Waals surface area contributed by atoms with Crippen LogP contribution in [0.5, 0.6) is 11.5 Å². The van der Waals surface area contributed by atoms with Crippen LogP contribution in [0.4, 0.5) is 0 Å². The van der Waals surface area contributed by atoms with E-state index in [0.29, 0.717) is 11.6 Å². The van der Waals surface area contributed by atoms with E-state index in [2.05, 4.69) is 15.6 Å². The highest BCUT2D eigenvalue weighted by molar-refractivity contribution is 14.0. The van der Waals surface area contributed by atoms with E-state index >= 15 is 0 Å². The van der Waals surface area contributed by atoms with Crippen molar-refractivity contribution < 1.29 is 9.47 Å². The molecule has 142 valence electrons. The van der Waals surface area contributed by atoms with Crippen LogP contribution in [0.15, 0.2) is 47.5 Å². The second-order valence-corrected chi connectivity index (χ2v) is 5.82. The Morgan fingerprint density at radius 3 is 2.23 bits per heavy atom. The Morgan fingerprint density at radius 2 is 1.65 bits per heavy atom. The van der Waals surface area contributed by atoms with E-state index in [9.17, 15) is 0 Å². The fourth-order valence-corrected chi connectivity index (χ4v) is 2.59. The van der Waals surface area contributed by atoms with Crippen LogP contribution in [0.1, 0.15) is 11.1 Å². The SMILES string of the molecule is CN=C(NCCc1ccc(OC)cc1Cl)NCc1ccc(OC)cc1.I. The lowest BCUT2D eigenvalue weighted by molar-refractivity contribution is 0.414. The summed E-state index contributed by atoms with van der Waals surface area (Å²) in [6, 6.07) is 13.7. The lowest BCUT2D eigenvalue weighted by Crippen LogP contribution is -2.37. The van der Waals surface area contributed by atoms with Gasteiger partial charge in [-0.1, -0.05) is 29.8 Å². The summed E-state index contributed by atoms with van der Waals surface area (Å²) in [5, 5.41) is 7.29. The third kappa shape index (κ3) is 6.92. The van der Waals surface area contributed by atoms with Crippen molar-refractivity contribution in [2.45, 2.75) is 13.0 Å². The highest BCUT2D eigenvalue weighted by atomic mass is 127. The molecule has 0 radical (unpaired) electrons. The molecule has 0 aromatic heterocycles. The van der Waals surface area contributed by atoms with Gasteiger partial charge in [0.2, 0.25) is 0 Å². The Balaban J connectivity index is 0.00000338. The van der Waals surface area contributed by atoms with Gasteiger partial charge in [0.1, 0.15) is 11.5 Å². The second-order valence-electron chi connectivity index (χ2n) is 5.41. The number of methoxy groups -OCH3 is 2. The zero-order chi connectivity index (χ0) is 18.1. The lowest BCUT2D eigenvalue weighted by Gasteiger charge is -2.13. The van der Waals surface area contributed by atoms with E-state index in [1.165, 1.54) is 0 Å². The molecule has 0 aliphatic rings. The Hall–Kier alpha value is -1.67. The third-order valence-corrected chi connectivity index (χ3v) is 4.14. The van der Waals surface area contributed by atoms with Gasteiger partial charge < -0.3 is 20.1 Å². The molecule has 0 unspecified atom stereocenters. The molecule has 2 N–H and O–H groups in total. The summed E-state index contributed by atoms with van der Waals surface area (Å²) in [6.45, 7) is 1.42. The molecule has 0 saturated carbocycles. The smallest absolute Gasteiger partial charge is 0.191 e. The topological polar surface area (TPSA) is 54.9 Å². The summed E-state index contributed by atoms with van der Waals surface area (Å²) in [6.07, 6.45) is 0.798. The monoisotopic (exact) mass is 489 g/mol. The maximum absolute atomic E-state index is 6.26. The van der Waals surface area contributed by atoms with Crippen molar-refractivity contribution in [1.29, 1.82) is 0 Å². The van der Waals surface area contributed by atoms with Crippen LogP contribution in [0.3, 0.4) is 0 Å². The fourth-order valence-electron chi connectivity index (χ4n) is 2.32. The minimum Gasteiger partial charge on any atom is -0.497 e. The molecular weight excluding hydrogens is 465 g/mol. The predicted octanol–water partition coefficient (Wildman–Crippen LogP) is 3.88. The van der Waals surface area contributed by atoms with Gasteiger partial charge in [-0.2, -0.15) is 0 Å². The number of nitrogens with one attached hydrogen (secondary N) is 2. The molecule has 2 rings (SSSR count). The Labute approximate surface area is 177 Å². The zero-order valence-electron chi connectivity index (χ0n) is 15.2. The standard InChI is InChI=1S/C19H24ClN3O2.HI/c1-21-19(23-13-14-4-7-16(24-2)8-5-14)22-11-10-15-6-9-17(25-3)12-18(15)20;/h4-9,12H,10-11,13H2,1-3H3,(H2,21,22,23);1H. The van der Waals surface area contributed by atoms with Crippen LogP contribution < -0.4 is 20.1 Å². The number of halogens is 2. The first-order valence-corrected chi connectivity index (χ1v) is 8.44.